The van der Waals surface area contributed by atoms with E-state index in [9.17, 15) is 9.90 Å². The average Bonchev–Trinajstić information content (AvgIpc) is 3.32. The monoisotopic (exact) mass is 580 g/mol. The minimum Gasteiger partial charge on any atom is -0.507 e. The highest BCUT2D eigenvalue weighted by Crippen LogP contribution is 2.40. The minimum absolute atomic E-state index is 0.109. The summed E-state index contributed by atoms with van der Waals surface area (Å²) >= 11 is 0. The first-order valence-corrected chi connectivity index (χ1v) is 14.3. The third-order valence-electron chi connectivity index (χ3n) is 7.46. The zero-order chi connectivity index (χ0) is 31.7. The van der Waals surface area contributed by atoms with E-state index in [-0.39, 0.29) is 17.3 Å². The highest BCUT2D eigenvalue weighted by molar-refractivity contribution is 5.76. The number of rotatable bonds is 7. The van der Waals surface area contributed by atoms with Gasteiger partial charge in [0, 0.05) is 6.42 Å². The van der Waals surface area contributed by atoms with Crippen LogP contribution in [0, 0.1) is 5.41 Å². The lowest BCUT2D eigenvalue weighted by molar-refractivity contribution is -0.136. The van der Waals surface area contributed by atoms with Crippen molar-refractivity contribution in [1.29, 1.82) is 0 Å². The van der Waals surface area contributed by atoms with Gasteiger partial charge in [-0.25, -0.2) is 0 Å². The van der Waals surface area contributed by atoms with Gasteiger partial charge in [0.1, 0.15) is 5.75 Å². The van der Waals surface area contributed by atoms with Crippen molar-refractivity contribution in [3.8, 4) is 16.9 Å². The standard InChI is InChI=1S/C17H26O3.C13H10.C5H12O4/c1-16(2,3)12-9-11(7-8-14(18)19)10-13(15(12)20)17(4,5)6;1-3-7-12-10(5-1)9-11-6-2-4-8-13(11)12;6-1-5(2-7,3-8)4-9/h9-10,20H,7-8H2,1-6H3,(H,18,19);1-8H,9H2;6-9H,1-4H2. The molecule has 1 aliphatic rings. The number of phenols is 1. The molecule has 4 rings (SSSR count). The van der Waals surface area contributed by atoms with Gasteiger partial charge in [0.2, 0.25) is 0 Å². The number of carboxylic acids is 1. The van der Waals surface area contributed by atoms with Crippen LogP contribution in [-0.4, -0.2) is 63.0 Å². The lowest BCUT2D eigenvalue weighted by Crippen LogP contribution is -2.37. The van der Waals surface area contributed by atoms with Crippen molar-refractivity contribution >= 4 is 5.97 Å². The molecule has 7 heteroatoms. The topological polar surface area (TPSA) is 138 Å². The number of phenolic OH excluding ortho intramolecular Hbond substituents is 1. The molecule has 0 heterocycles. The van der Waals surface area contributed by atoms with Crippen LogP contribution in [0.5, 0.6) is 5.75 Å². The second-order valence-corrected chi connectivity index (χ2v) is 13.1. The molecule has 0 saturated heterocycles. The van der Waals surface area contributed by atoms with E-state index in [1.807, 2.05) is 12.1 Å². The molecule has 3 aromatic carbocycles. The van der Waals surface area contributed by atoms with E-state index in [4.69, 9.17) is 25.5 Å². The van der Waals surface area contributed by atoms with Gasteiger partial charge >= 0.3 is 5.97 Å². The summed E-state index contributed by atoms with van der Waals surface area (Å²) < 4.78 is 0. The highest BCUT2D eigenvalue weighted by atomic mass is 16.4. The number of aliphatic carboxylic acids is 1. The first kappa shape index (κ1) is 35.0. The molecular weight excluding hydrogens is 532 g/mol. The number of aromatic hydroxyl groups is 1. The van der Waals surface area contributed by atoms with Crippen LogP contribution >= 0.6 is 0 Å². The first-order valence-electron chi connectivity index (χ1n) is 14.3. The summed E-state index contributed by atoms with van der Waals surface area (Å²) in [6.45, 7) is 10.7. The summed E-state index contributed by atoms with van der Waals surface area (Å²) in [5.74, 6) is -0.461. The molecule has 0 spiro atoms. The second-order valence-electron chi connectivity index (χ2n) is 13.1. The minimum atomic E-state index is -1.11. The zero-order valence-electron chi connectivity index (χ0n) is 25.8. The van der Waals surface area contributed by atoms with Gasteiger partial charge < -0.3 is 30.6 Å². The molecule has 0 radical (unpaired) electrons. The van der Waals surface area contributed by atoms with Crippen LogP contribution < -0.4 is 0 Å². The number of hydrogen-bond donors (Lipinski definition) is 6. The molecule has 0 aliphatic heterocycles. The molecular formula is C35H48O7. The predicted molar refractivity (Wildman–Crippen MR) is 167 cm³/mol. The maximum Gasteiger partial charge on any atom is 0.303 e. The Morgan fingerprint density at radius 3 is 1.38 bits per heavy atom. The molecule has 1 aliphatic carbocycles. The van der Waals surface area contributed by atoms with Crippen LogP contribution in [0.1, 0.15) is 75.8 Å². The van der Waals surface area contributed by atoms with Crippen molar-refractivity contribution in [3.63, 3.8) is 0 Å². The zero-order valence-corrected chi connectivity index (χ0v) is 25.8. The summed E-state index contributed by atoms with van der Waals surface area (Å²) in [5.41, 5.74) is 7.02. The molecule has 42 heavy (non-hydrogen) atoms. The number of hydrogen-bond acceptors (Lipinski definition) is 6. The molecule has 0 fully saturated rings. The SMILES string of the molecule is CC(C)(C)c1cc(CCC(=O)O)cc(C(C)(C)C)c1O.OCC(CO)(CO)CO.c1ccc2c(c1)Cc1ccccc1-2. The van der Waals surface area contributed by atoms with Crippen LogP contribution in [-0.2, 0) is 28.5 Å². The number of aliphatic hydroxyl groups is 4. The van der Waals surface area contributed by atoms with Crippen LogP contribution in [0.4, 0.5) is 0 Å². The van der Waals surface area contributed by atoms with Crippen LogP contribution in [0.15, 0.2) is 60.7 Å². The van der Waals surface area contributed by atoms with Gasteiger partial charge in [0.15, 0.2) is 0 Å². The Bertz CT molecular complexity index is 1220. The van der Waals surface area contributed by atoms with E-state index in [1.54, 1.807) is 0 Å². The number of benzene rings is 3. The fourth-order valence-electron chi connectivity index (χ4n) is 4.61. The molecule has 0 unspecified atom stereocenters. The van der Waals surface area contributed by atoms with E-state index in [2.05, 4.69) is 90.1 Å². The van der Waals surface area contributed by atoms with Gasteiger partial charge in [-0.05, 0) is 62.6 Å². The number of aryl methyl sites for hydroxylation is 1. The lowest BCUT2D eigenvalue weighted by Gasteiger charge is -2.28. The maximum absolute atomic E-state index is 10.8. The van der Waals surface area contributed by atoms with Gasteiger partial charge in [0.05, 0.1) is 31.8 Å². The van der Waals surface area contributed by atoms with E-state index < -0.39 is 37.8 Å². The van der Waals surface area contributed by atoms with Crippen molar-refractivity contribution in [2.24, 2.45) is 5.41 Å². The molecule has 0 atom stereocenters. The number of fused-ring (bicyclic) bond motifs is 3. The van der Waals surface area contributed by atoms with Crippen LogP contribution in [0.25, 0.3) is 11.1 Å². The normalized spacial score (nSPS) is 12.3. The van der Waals surface area contributed by atoms with Gasteiger partial charge in [-0.2, -0.15) is 0 Å². The summed E-state index contributed by atoms with van der Waals surface area (Å²) in [7, 11) is 0. The number of carboxylic acid groups (broad SMARTS) is 1. The van der Waals surface area contributed by atoms with Crippen molar-refractivity contribution in [2.75, 3.05) is 26.4 Å². The van der Waals surface area contributed by atoms with Crippen molar-refractivity contribution in [2.45, 2.75) is 71.6 Å². The quantitative estimate of drug-likeness (QED) is 0.177. The predicted octanol–water partition coefficient (Wildman–Crippen LogP) is 5.20. The van der Waals surface area contributed by atoms with E-state index in [1.165, 1.54) is 22.3 Å². The van der Waals surface area contributed by atoms with Crippen molar-refractivity contribution in [1.82, 2.24) is 0 Å². The van der Waals surface area contributed by atoms with Crippen LogP contribution in [0.2, 0.25) is 0 Å². The maximum atomic E-state index is 10.8. The summed E-state index contributed by atoms with van der Waals surface area (Å²) in [6, 6.07) is 21.2. The highest BCUT2D eigenvalue weighted by Gasteiger charge is 2.27. The van der Waals surface area contributed by atoms with E-state index in [0.29, 0.717) is 12.2 Å². The molecule has 0 amide bonds. The van der Waals surface area contributed by atoms with Crippen molar-refractivity contribution in [3.05, 3.63) is 88.5 Å². The summed E-state index contributed by atoms with van der Waals surface area (Å²) in [4.78, 5) is 10.8. The fraction of sp³-hybridized carbons (Fsp3) is 0.457. The Hall–Kier alpha value is -3.23. The summed E-state index contributed by atoms with van der Waals surface area (Å²) in [6.07, 6.45) is 1.70. The smallest absolute Gasteiger partial charge is 0.303 e. The lowest BCUT2D eigenvalue weighted by atomic mass is 9.78. The third-order valence-corrected chi connectivity index (χ3v) is 7.46. The third kappa shape index (κ3) is 9.13. The Kier molecular flexibility index (Phi) is 12.3. The average molecular weight is 581 g/mol. The molecule has 3 aromatic rings. The first-order chi connectivity index (χ1) is 19.6. The molecule has 0 bridgehead atoms. The van der Waals surface area contributed by atoms with Crippen molar-refractivity contribution < 1.29 is 35.4 Å². The molecule has 0 aromatic heterocycles. The Morgan fingerprint density at radius 2 is 1.07 bits per heavy atom. The van der Waals surface area contributed by atoms with Crippen LogP contribution in [0.3, 0.4) is 0 Å². The molecule has 230 valence electrons. The number of aliphatic hydroxyl groups excluding tert-OH is 4. The Balaban J connectivity index is 0.000000239. The van der Waals surface area contributed by atoms with Gasteiger partial charge in [-0.1, -0.05) is 102 Å². The number of carbonyl (C=O) groups is 1. The Labute approximate surface area is 250 Å². The largest absolute Gasteiger partial charge is 0.507 e. The molecule has 6 N–H and O–H groups in total. The molecule has 7 nitrogen and oxygen atoms in total. The summed E-state index contributed by atoms with van der Waals surface area (Å²) in [5, 5.41) is 53.4. The van der Waals surface area contributed by atoms with Gasteiger partial charge in [0.25, 0.3) is 0 Å². The fourth-order valence-corrected chi connectivity index (χ4v) is 4.61. The second kappa shape index (κ2) is 14.8. The Morgan fingerprint density at radius 1 is 0.690 bits per heavy atom. The van der Waals surface area contributed by atoms with E-state index >= 15 is 0 Å². The van der Waals surface area contributed by atoms with E-state index in [0.717, 1.165) is 23.1 Å². The molecule has 0 saturated carbocycles. The van der Waals surface area contributed by atoms with Gasteiger partial charge in [-0.15, -0.1) is 0 Å². The van der Waals surface area contributed by atoms with Gasteiger partial charge in [-0.3, -0.25) is 4.79 Å².